The van der Waals surface area contributed by atoms with Gasteiger partial charge in [0.05, 0.1) is 11.2 Å². The Bertz CT molecular complexity index is 1090. The van der Waals surface area contributed by atoms with Crippen molar-refractivity contribution >= 4 is 28.4 Å². The average Bonchev–Trinajstić information content (AvgIpc) is 2.67. The minimum Gasteiger partial charge on any atom is -0.350 e. The van der Waals surface area contributed by atoms with Crippen molar-refractivity contribution < 1.29 is 4.39 Å². The number of nitrogens with zero attached hydrogens (tertiary/aromatic N) is 3. The number of aromatic nitrogens is 3. The summed E-state index contributed by atoms with van der Waals surface area (Å²) in [5.41, 5.74) is 3.11. The Morgan fingerprint density at radius 2 is 1.81 bits per heavy atom. The second-order valence-electron chi connectivity index (χ2n) is 6.17. The molecule has 27 heavy (non-hydrogen) atoms. The standard InChI is InChI=1S/C21H18FN5/c1-14-12-19(26-18-10-4-7-15-8-5-11-23-20(15)18)27-21(25-14)24-13-16-6-2-3-9-17(16)22/h2-12H,13H2,1H3,(H2,24,25,26,27). The van der Waals surface area contributed by atoms with Gasteiger partial charge >= 0.3 is 0 Å². The average molecular weight is 359 g/mol. The third kappa shape index (κ3) is 3.84. The van der Waals surface area contributed by atoms with Crippen LogP contribution >= 0.6 is 0 Å². The van der Waals surface area contributed by atoms with Gasteiger partial charge in [-0.3, -0.25) is 4.98 Å². The van der Waals surface area contributed by atoms with Gasteiger partial charge in [0.1, 0.15) is 11.6 Å². The summed E-state index contributed by atoms with van der Waals surface area (Å²) < 4.78 is 13.8. The first-order valence-corrected chi connectivity index (χ1v) is 8.63. The summed E-state index contributed by atoms with van der Waals surface area (Å²) in [5.74, 6) is 0.837. The molecule has 0 saturated heterocycles. The summed E-state index contributed by atoms with van der Waals surface area (Å²) in [6.07, 6.45) is 1.76. The number of hydrogen-bond acceptors (Lipinski definition) is 5. The maximum Gasteiger partial charge on any atom is 0.225 e. The molecule has 4 aromatic rings. The highest BCUT2D eigenvalue weighted by atomic mass is 19.1. The lowest BCUT2D eigenvalue weighted by Crippen LogP contribution is -2.07. The molecule has 0 spiro atoms. The zero-order chi connectivity index (χ0) is 18.6. The number of anilines is 3. The van der Waals surface area contributed by atoms with E-state index in [-0.39, 0.29) is 5.82 Å². The molecule has 0 fully saturated rings. The van der Waals surface area contributed by atoms with Crippen molar-refractivity contribution in [2.24, 2.45) is 0 Å². The maximum absolute atomic E-state index is 13.8. The number of halogens is 1. The number of para-hydroxylation sites is 1. The molecule has 2 heterocycles. The molecule has 0 saturated carbocycles. The van der Waals surface area contributed by atoms with E-state index in [4.69, 9.17) is 0 Å². The van der Waals surface area contributed by atoms with Crippen LogP contribution in [0.4, 0.5) is 21.8 Å². The highest BCUT2D eigenvalue weighted by Crippen LogP contribution is 2.24. The molecule has 0 atom stereocenters. The van der Waals surface area contributed by atoms with Gasteiger partial charge in [-0.1, -0.05) is 36.4 Å². The zero-order valence-electron chi connectivity index (χ0n) is 14.8. The molecule has 134 valence electrons. The van der Waals surface area contributed by atoms with Crippen molar-refractivity contribution in [1.82, 2.24) is 15.0 Å². The number of pyridine rings is 1. The quantitative estimate of drug-likeness (QED) is 0.534. The highest BCUT2D eigenvalue weighted by Gasteiger charge is 2.07. The molecule has 4 rings (SSSR count). The molecule has 2 aromatic carbocycles. The SMILES string of the molecule is Cc1cc(Nc2cccc3cccnc23)nc(NCc2ccccc2F)n1. The Balaban J connectivity index is 1.58. The van der Waals surface area contributed by atoms with Crippen LogP contribution in [0.15, 0.2) is 66.9 Å². The molecule has 0 radical (unpaired) electrons. The molecular weight excluding hydrogens is 341 g/mol. The third-order valence-corrected chi connectivity index (χ3v) is 4.14. The summed E-state index contributed by atoms with van der Waals surface area (Å²) in [7, 11) is 0. The summed E-state index contributed by atoms with van der Waals surface area (Å²) in [4.78, 5) is 13.3. The van der Waals surface area contributed by atoms with E-state index in [9.17, 15) is 4.39 Å². The largest absolute Gasteiger partial charge is 0.350 e. The molecular formula is C21H18FN5. The van der Waals surface area contributed by atoms with Crippen molar-refractivity contribution in [1.29, 1.82) is 0 Å². The lowest BCUT2D eigenvalue weighted by Gasteiger charge is -2.11. The van der Waals surface area contributed by atoms with Crippen LogP contribution in [0.25, 0.3) is 10.9 Å². The van der Waals surface area contributed by atoms with Crippen molar-refractivity contribution in [3.05, 3.63) is 83.9 Å². The minimum absolute atomic E-state index is 0.252. The van der Waals surface area contributed by atoms with Crippen molar-refractivity contribution in [3.8, 4) is 0 Å². The van der Waals surface area contributed by atoms with Gasteiger partial charge in [0, 0.05) is 35.5 Å². The van der Waals surface area contributed by atoms with Gasteiger partial charge in [0.25, 0.3) is 0 Å². The Morgan fingerprint density at radius 3 is 2.70 bits per heavy atom. The topological polar surface area (TPSA) is 62.7 Å². The normalized spacial score (nSPS) is 10.7. The summed E-state index contributed by atoms with van der Waals surface area (Å²) >= 11 is 0. The molecule has 0 unspecified atom stereocenters. The number of hydrogen-bond donors (Lipinski definition) is 2. The molecule has 0 aliphatic rings. The Kier molecular flexibility index (Phi) is 4.61. The van der Waals surface area contributed by atoms with Crippen molar-refractivity contribution in [2.45, 2.75) is 13.5 Å². The van der Waals surface area contributed by atoms with Gasteiger partial charge in [0.15, 0.2) is 0 Å². The second-order valence-corrected chi connectivity index (χ2v) is 6.17. The fraction of sp³-hybridized carbons (Fsp3) is 0.0952. The first-order valence-electron chi connectivity index (χ1n) is 8.63. The van der Waals surface area contributed by atoms with E-state index in [0.717, 1.165) is 22.3 Å². The van der Waals surface area contributed by atoms with E-state index in [1.165, 1.54) is 6.07 Å². The molecule has 0 aliphatic carbocycles. The van der Waals surface area contributed by atoms with Crippen LogP contribution in [0.5, 0.6) is 0 Å². The Labute approximate surface area is 156 Å². The predicted molar refractivity (Wildman–Crippen MR) is 106 cm³/mol. The molecule has 2 aromatic heterocycles. The van der Waals surface area contributed by atoms with Gasteiger partial charge in [-0.25, -0.2) is 9.37 Å². The van der Waals surface area contributed by atoms with Crippen LogP contribution in [-0.2, 0) is 6.54 Å². The summed E-state index contributed by atoms with van der Waals surface area (Å²) in [6, 6.07) is 18.4. The molecule has 0 amide bonds. The van der Waals surface area contributed by atoms with E-state index in [0.29, 0.717) is 23.9 Å². The van der Waals surface area contributed by atoms with Crippen LogP contribution in [0, 0.1) is 12.7 Å². The fourth-order valence-corrected chi connectivity index (χ4v) is 2.87. The highest BCUT2D eigenvalue weighted by molar-refractivity contribution is 5.91. The minimum atomic E-state index is -0.252. The lowest BCUT2D eigenvalue weighted by atomic mass is 10.2. The summed E-state index contributed by atoms with van der Waals surface area (Å²) in [6.45, 7) is 2.20. The number of rotatable bonds is 5. The number of fused-ring (bicyclic) bond motifs is 1. The van der Waals surface area contributed by atoms with Gasteiger partial charge in [-0.05, 0) is 25.1 Å². The van der Waals surface area contributed by atoms with Crippen LogP contribution in [0.2, 0.25) is 0 Å². The fourth-order valence-electron chi connectivity index (χ4n) is 2.87. The first-order chi connectivity index (χ1) is 13.2. The van der Waals surface area contributed by atoms with Crippen LogP contribution in [0.3, 0.4) is 0 Å². The van der Waals surface area contributed by atoms with E-state index in [1.54, 1.807) is 24.4 Å². The Hall–Kier alpha value is -3.54. The lowest BCUT2D eigenvalue weighted by molar-refractivity contribution is 0.612. The second kappa shape index (κ2) is 7.37. The molecule has 6 heteroatoms. The monoisotopic (exact) mass is 359 g/mol. The molecule has 2 N–H and O–H groups in total. The summed E-state index contributed by atoms with van der Waals surface area (Å²) in [5, 5.41) is 7.45. The molecule has 0 bridgehead atoms. The molecule has 5 nitrogen and oxygen atoms in total. The predicted octanol–water partition coefficient (Wildman–Crippen LogP) is 4.83. The van der Waals surface area contributed by atoms with Crippen molar-refractivity contribution in [2.75, 3.05) is 10.6 Å². The third-order valence-electron chi connectivity index (χ3n) is 4.14. The van der Waals surface area contributed by atoms with Crippen LogP contribution in [0.1, 0.15) is 11.3 Å². The van der Waals surface area contributed by atoms with E-state index in [2.05, 4.69) is 25.6 Å². The van der Waals surface area contributed by atoms with E-state index in [1.807, 2.05) is 43.3 Å². The van der Waals surface area contributed by atoms with Gasteiger partial charge in [0.2, 0.25) is 5.95 Å². The van der Waals surface area contributed by atoms with Gasteiger partial charge < -0.3 is 10.6 Å². The van der Waals surface area contributed by atoms with Crippen LogP contribution in [-0.4, -0.2) is 15.0 Å². The van der Waals surface area contributed by atoms with E-state index >= 15 is 0 Å². The smallest absolute Gasteiger partial charge is 0.225 e. The number of aryl methyl sites for hydroxylation is 1. The first kappa shape index (κ1) is 16.9. The van der Waals surface area contributed by atoms with Crippen molar-refractivity contribution in [3.63, 3.8) is 0 Å². The zero-order valence-corrected chi connectivity index (χ0v) is 14.8. The Morgan fingerprint density at radius 1 is 0.963 bits per heavy atom. The number of benzene rings is 2. The molecule has 0 aliphatic heterocycles. The maximum atomic E-state index is 13.8. The number of nitrogens with one attached hydrogen (secondary N) is 2. The van der Waals surface area contributed by atoms with Gasteiger partial charge in [-0.15, -0.1) is 0 Å². The van der Waals surface area contributed by atoms with Gasteiger partial charge in [-0.2, -0.15) is 4.98 Å². The van der Waals surface area contributed by atoms with E-state index < -0.39 is 0 Å². The van der Waals surface area contributed by atoms with Crippen LogP contribution < -0.4 is 10.6 Å².